The third-order valence-corrected chi connectivity index (χ3v) is 2.66. The summed E-state index contributed by atoms with van der Waals surface area (Å²) in [6, 6.07) is 6.19. The van der Waals surface area contributed by atoms with Crippen LogP contribution in [0.4, 0.5) is 0 Å². The Kier molecular flexibility index (Phi) is 4.63. The fraction of sp³-hybridized carbons (Fsp3) is 0.538. The molecular weight excluding hydrogens is 188 g/mol. The summed E-state index contributed by atoms with van der Waals surface area (Å²) in [5.74, 6) is 0.922. The summed E-state index contributed by atoms with van der Waals surface area (Å²) in [6.45, 7) is 4.25. The maximum atomic E-state index is 5.36. The van der Waals surface area contributed by atoms with E-state index >= 15 is 0 Å². The summed E-state index contributed by atoms with van der Waals surface area (Å²) in [7, 11) is 3.44. The highest BCUT2D eigenvalue weighted by Gasteiger charge is 2.10. The summed E-state index contributed by atoms with van der Waals surface area (Å²) in [5.41, 5.74) is 2.59. The van der Waals surface area contributed by atoms with Crippen molar-refractivity contribution >= 4 is 0 Å². The van der Waals surface area contributed by atoms with Gasteiger partial charge in [0.1, 0.15) is 5.75 Å². The normalized spacial score (nSPS) is 12.5. The summed E-state index contributed by atoms with van der Waals surface area (Å²) in [5, 5.41) is 0. The third kappa shape index (κ3) is 2.96. The van der Waals surface area contributed by atoms with Crippen LogP contribution < -0.4 is 4.74 Å². The molecule has 1 aromatic rings. The molecule has 0 aromatic heterocycles. The van der Waals surface area contributed by atoms with E-state index in [9.17, 15) is 0 Å². The molecule has 15 heavy (non-hydrogen) atoms. The van der Waals surface area contributed by atoms with Crippen molar-refractivity contribution in [2.75, 3.05) is 14.2 Å². The van der Waals surface area contributed by atoms with E-state index in [2.05, 4.69) is 26.0 Å². The molecule has 0 aliphatic carbocycles. The first-order chi connectivity index (χ1) is 7.22. The van der Waals surface area contributed by atoms with Gasteiger partial charge in [-0.3, -0.25) is 0 Å². The second kappa shape index (κ2) is 5.76. The molecule has 1 rings (SSSR count). The second-order valence-electron chi connectivity index (χ2n) is 3.69. The average Bonchev–Trinajstić information content (AvgIpc) is 2.28. The van der Waals surface area contributed by atoms with Crippen LogP contribution in [0, 0.1) is 0 Å². The molecule has 1 unspecified atom stereocenters. The molecule has 0 N–H and O–H groups in total. The molecule has 2 nitrogen and oxygen atoms in total. The summed E-state index contributed by atoms with van der Waals surface area (Å²) in [6.07, 6.45) is 2.36. The SMILES string of the molecule is CCCc1cc(OC)ccc1C(C)OC. The highest BCUT2D eigenvalue weighted by atomic mass is 16.5. The third-order valence-electron chi connectivity index (χ3n) is 2.66. The van der Waals surface area contributed by atoms with Crippen molar-refractivity contribution in [1.82, 2.24) is 0 Å². The van der Waals surface area contributed by atoms with Gasteiger partial charge in [-0.25, -0.2) is 0 Å². The van der Waals surface area contributed by atoms with E-state index in [-0.39, 0.29) is 6.10 Å². The van der Waals surface area contributed by atoms with Crippen LogP contribution in [0.1, 0.15) is 37.5 Å². The molecule has 0 aliphatic rings. The maximum absolute atomic E-state index is 5.36. The summed E-state index contributed by atoms with van der Waals surface area (Å²) >= 11 is 0. The van der Waals surface area contributed by atoms with E-state index in [0.29, 0.717) is 0 Å². The van der Waals surface area contributed by atoms with Gasteiger partial charge in [0.15, 0.2) is 0 Å². The fourth-order valence-electron chi connectivity index (χ4n) is 1.72. The largest absolute Gasteiger partial charge is 0.497 e. The molecule has 0 saturated heterocycles. The quantitative estimate of drug-likeness (QED) is 0.738. The van der Waals surface area contributed by atoms with E-state index in [1.165, 1.54) is 11.1 Å². The van der Waals surface area contributed by atoms with Gasteiger partial charge in [-0.1, -0.05) is 19.4 Å². The molecule has 1 atom stereocenters. The molecule has 1 aromatic carbocycles. The summed E-state index contributed by atoms with van der Waals surface area (Å²) < 4.78 is 10.6. The lowest BCUT2D eigenvalue weighted by Crippen LogP contribution is -2.01. The minimum Gasteiger partial charge on any atom is -0.497 e. The topological polar surface area (TPSA) is 18.5 Å². The predicted molar refractivity (Wildman–Crippen MR) is 62.4 cm³/mol. The zero-order chi connectivity index (χ0) is 11.3. The van der Waals surface area contributed by atoms with Gasteiger partial charge in [0, 0.05) is 7.11 Å². The van der Waals surface area contributed by atoms with E-state index in [0.717, 1.165) is 18.6 Å². The van der Waals surface area contributed by atoms with Crippen LogP contribution in [0.15, 0.2) is 18.2 Å². The van der Waals surface area contributed by atoms with Gasteiger partial charge in [0.25, 0.3) is 0 Å². The predicted octanol–water partition coefficient (Wildman–Crippen LogP) is 3.36. The molecule has 0 radical (unpaired) electrons. The first-order valence-electron chi connectivity index (χ1n) is 5.42. The Morgan fingerprint density at radius 1 is 1.27 bits per heavy atom. The second-order valence-corrected chi connectivity index (χ2v) is 3.69. The number of benzene rings is 1. The van der Waals surface area contributed by atoms with E-state index in [1.54, 1.807) is 14.2 Å². The van der Waals surface area contributed by atoms with Crippen molar-refractivity contribution in [3.8, 4) is 5.75 Å². The van der Waals surface area contributed by atoms with Crippen LogP contribution >= 0.6 is 0 Å². The molecule has 0 heterocycles. The minimum atomic E-state index is 0.150. The molecule has 0 bridgehead atoms. The fourth-order valence-corrected chi connectivity index (χ4v) is 1.72. The Bertz CT molecular complexity index is 307. The van der Waals surface area contributed by atoms with E-state index in [4.69, 9.17) is 9.47 Å². The van der Waals surface area contributed by atoms with Crippen molar-refractivity contribution in [2.24, 2.45) is 0 Å². The zero-order valence-corrected chi connectivity index (χ0v) is 10.0. The highest BCUT2D eigenvalue weighted by molar-refractivity contribution is 5.37. The molecule has 0 saturated carbocycles. The van der Waals surface area contributed by atoms with Gasteiger partial charge < -0.3 is 9.47 Å². The van der Waals surface area contributed by atoms with Crippen molar-refractivity contribution in [2.45, 2.75) is 32.8 Å². The smallest absolute Gasteiger partial charge is 0.119 e. The van der Waals surface area contributed by atoms with Crippen LogP contribution in [0.5, 0.6) is 5.75 Å². The molecule has 0 spiro atoms. The number of hydrogen-bond donors (Lipinski definition) is 0. The van der Waals surface area contributed by atoms with Gasteiger partial charge in [0.05, 0.1) is 13.2 Å². The Balaban J connectivity index is 3.03. The lowest BCUT2D eigenvalue weighted by Gasteiger charge is -2.15. The molecular formula is C13H20O2. The van der Waals surface area contributed by atoms with Gasteiger partial charge in [-0.05, 0) is 36.6 Å². The molecule has 2 heteroatoms. The number of rotatable bonds is 5. The Hall–Kier alpha value is -1.02. The highest BCUT2D eigenvalue weighted by Crippen LogP contribution is 2.25. The van der Waals surface area contributed by atoms with Crippen molar-refractivity contribution in [3.63, 3.8) is 0 Å². The minimum absolute atomic E-state index is 0.150. The molecule has 0 aliphatic heterocycles. The van der Waals surface area contributed by atoms with Crippen LogP contribution in [-0.2, 0) is 11.2 Å². The monoisotopic (exact) mass is 208 g/mol. The number of aryl methyl sites for hydroxylation is 1. The van der Waals surface area contributed by atoms with Gasteiger partial charge in [-0.2, -0.15) is 0 Å². The molecule has 0 fully saturated rings. The van der Waals surface area contributed by atoms with E-state index in [1.807, 2.05) is 6.07 Å². The van der Waals surface area contributed by atoms with Gasteiger partial charge in [-0.15, -0.1) is 0 Å². The van der Waals surface area contributed by atoms with E-state index < -0.39 is 0 Å². The van der Waals surface area contributed by atoms with Crippen molar-refractivity contribution in [1.29, 1.82) is 0 Å². The van der Waals surface area contributed by atoms with Crippen LogP contribution in [0.3, 0.4) is 0 Å². The zero-order valence-electron chi connectivity index (χ0n) is 10.0. The van der Waals surface area contributed by atoms with Crippen molar-refractivity contribution in [3.05, 3.63) is 29.3 Å². The Morgan fingerprint density at radius 2 is 2.00 bits per heavy atom. The maximum Gasteiger partial charge on any atom is 0.119 e. The summed E-state index contributed by atoms with van der Waals surface area (Å²) in [4.78, 5) is 0. The van der Waals surface area contributed by atoms with Crippen LogP contribution in [0.2, 0.25) is 0 Å². The van der Waals surface area contributed by atoms with Crippen LogP contribution in [-0.4, -0.2) is 14.2 Å². The number of methoxy groups -OCH3 is 2. The Morgan fingerprint density at radius 3 is 2.53 bits per heavy atom. The average molecular weight is 208 g/mol. The lowest BCUT2D eigenvalue weighted by molar-refractivity contribution is 0.118. The Labute approximate surface area is 92.2 Å². The number of ether oxygens (including phenoxy) is 2. The van der Waals surface area contributed by atoms with Gasteiger partial charge >= 0.3 is 0 Å². The first kappa shape index (κ1) is 12.1. The molecule has 0 amide bonds. The van der Waals surface area contributed by atoms with Crippen LogP contribution in [0.25, 0.3) is 0 Å². The molecule has 84 valence electrons. The van der Waals surface area contributed by atoms with Gasteiger partial charge in [0.2, 0.25) is 0 Å². The standard InChI is InChI=1S/C13H20O2/c1-5-6-11-9-12(15-4)7-8-13(11)10(2)14-3/h7-10H,5-6H2,1-4H3. The lowest BCUT2D eigenvalue weighted by atomic mass is 9.99. The first-order valence-corrected chi connectivity index (χ1v) is 5.42. The number of hydrogen-bond acceptors (Lipinski definition) is 2. The van der Waals surface area contributed by atoms with Crippen molar-refractivity contribution < 1.29 is 9.47 Å².